The summed E-state index contributed by atoms with van der Waals surface area (Å²) in [5, 5.41) is 4.93. The number of carbonyl (C=O) groups is 6. The number of nitrogens with one attached hydrogen (secondary N) is 1. The number of amides is 2. The second-order valence-corrected chi connectivity index (χ2v) is 21.1. The standard InChI is InChI=1S/C20H28BrClN2O2.C13H24N2O2.C7H4BrClO.C4H6O4.C2H3BO2.Na/c1-19(2,3)26-18(25)23-9-6-20(7-10-23)5-4-8-24(20)14-15-11-16(21)13-17(22)12-15;1-12(2,3)17-11(16)15-9-6-13(7-10-15)5-4-8-14-13;8-6-1-5(4-10)2-7(9)3-6;1-3(5)7-8-4(2)6;1-2(4)5-3;/h11-13H,4-10,14H2,1-3H3;14H,4-10H2,1-3H3;1-4H;1-2H3;1H3;/q;;;;-1;+1. The molecule has 0 aromatic heterocycles. The molecule has 6 rings (SSSR count). The van der Waals surface area contributed by atoms with Crippen LogP contribution in [0.2, 0.25) is 10.0 Å². The Bertz CT molecular complexity index is 1880. The van der Waals surface area contributed by atoms with Gasteiger partial charge < -0.3 is 37.3 Å². The maximum Gasteiger partial charge on any atom is 1.00 e. The van der Waals surface area contributed by atoms with Gasteiger partial charge in [0.1, 0.15) is 17.5 Å². The molecule has 0 unspecified atom stereocenters. The third-order valence-corrected chi connectivity index (χ3v) is 11.9. The summed E-state index contributed by atoms with van der Waals surface area (Å²) in [5.74, 6) is -1.74. The van der Waals surface area contributed by atoms with E-state index in [4.69, 9.17) is 32.7 Å². The van der Waals surface area contributed by atoms with E-state index in [0.29, 0.717) is 16.1 Å². The molecule has 2 aromatic rings. The summed E-state index contributed by atoms with van der Waals surface area (Å²) in [6.07, 6.45) is 9.50. The molecule has 2 spiro atoms. The number of hydrogen-bond acceptors (Lipinski definition) is 13. The first-order valence-electron chi connectivity index (χ1n) is 21.7. The second kappa shape index (κ2) is 29.7. The Hall–Kier alpha value is -2.42. The molecule has 4 saturated heterocycles. The van der Waals surface area contributed by atoms with Gasteiger partial charge in [-0.3, -0.25) is 14.5 Å². The van der Waals surface area contributed by atoms with Crippen molar-refractivity contribution in [1.29, 1.82) is 0 Å². The van der Waals surface area contributed by atoms with Crippen molar-refractivity contribution in [2.24, 2.45) is 0 Å². The summed E-state index contributed by atoms with van der Waals surface area (Å²) in [7, 11) is 4.32. The zero-order chi connectivity index (χ0) is 49.9. The Morgan fingerprint density at radius 1 is 0.687 bits per heavy atom. The van der Waals surface area contributed by atoms with Gasteiger partial charge in [-0.25, -0.2) is 29.0 Å². The van der Waals surface area contributed by atoms with Crippen LogP contribution in [0.15, 0.2) is 45.3 Å². The topological polar surface area (TPSA) is 170 Å². The van der Waals surface area contributed by atoms with E-state index in [1.54, 1.807) is 18.2 Å². The van der Waals surface area contributed by atoms with E-state index >= 15 is 0 Å². The average Bonchev–Trinajstić information content (AvgIpc) is 3.82. The molecular weight excluding hydrogens is 1050 g/mol. The molecule has 4 heterocycles. The van der Waals surface area contributed by atoms with Gasteiger partial charge in [0.25, 0.3) is 0 Å². The van der Waals surface area contributed by atoms with Crippen LogP contribution >= 0.6 is 55.1 Å². The number of aldehydes is 1. The summed E-state index contributed by atoms with van der Waals surface area (Å²) >= 11 is 18.6. The summed E-state index contributed by atoms with van der Waals surface area (Å²) in [5.41, 5.74) is 1.51. The largest absolute Gasteiger partial charge is 1.00 e. The normalized spacial score (nSPS) is 16.9. The Morgan fingerprint density at radius 2 is 1.15 bits per heavy atom. The fraction of sp³-hybridized carbons (Fsp3) is 0.609. The van der Waals surface area contributed by atoms with E-state index in [1.807, 2.05) is 63.5 Å². The molecule has 21 heteroatoms. The van der Waals surface area contributed by atoms with Gasteiger partial charge in [0.2, 0.25) is 5.97 Å². The zero-order valence-electron chi connectivity index (χ0n) is 40.6. The molecule has 15 nitrogen and oxygen atoms in total. The molecule has 2 amide bonds. The molecule has 4 fully saturated rings. The van der Waals surface area contributed by atoms with E-state index in [-0.39, 0.29) is 47.3 Å². The van der Waals surface area contributed by atoms with E-state index in [2.05, 4.69) is 70.6 Å². The molecule has 3 radical (unpaired) electrons. The molecule has 0 atom stereocenters. The van der Waals surface area contributed by atoms with E-state index < -0.39 is 29.1 Å². The molecular formula is C46H65BBr2Cl2N4NaO11. The van der Waals surface area contributed by atoms with Crippen LogP contribution in [0.1, 0.15) is 130 Å². The van der Waals surface area contributed by atoms with Gasteiger partial charge in [-0.15, -0.1) is 0 Å². The van der Waals surface area contributed by atoms with Crippen LogP contribution in [0.25, 0.3) is 0 Å². The number of halogens is 4. The minimum Gasteiger partial charge on any atom is -0.793 e. The minimum atomic E-state index is -0.639. The number of carbonyl (C=O) groups excluding carboxylic acids is 6. The summed E-state index contributed by atoms with van der Waals surface area (Å²) < 4.78 is 16.4. The first kappa shape index (κ1) is 62.6. The third-order valence-electron chi connectivity index (χ3n) is 10.6. The van der Waals surface area contributed by atoms with Crippen LogP contribution in [-0.2, 0) is 44.8 Å². The molecule has 1 N–H and O–H groups in total. The fourth-order valence-electron chi connectivity index (χ4n) is 7.66. The molecule has 2 aromatic carbocycles. The van der Waals surface area contributed by atoms with Crippen LogP contribution in [0.5, 0.6) is 0 Å². The van der Waals surface area contributed by atoms with Gasteiger partial charge in [0, 0.05) is 89.1 Å². The Labute approximate surface area is 446 Å². The number of hydrogen-bond donors (Lipinski definition) is 1. The van der Waals surface area contributed by atoms with E-state index in [1.165, 1.54) is 38.2 Å². The number of ether oxygens (including phenoxy) is 2. The quantitative estimate of drug-likeness (QED) is 0.142. The van der Waals surface area contributed by atoms with Crippen molar-refractivity contribution in [3.05, 3.63) is 66.5 Å². The van der Waals surface area contributed by atoms with Crippen molar-refractivity contribution in [3.63, 3.8) is 0 Å². The number of rotatable bonds is 3. The maximum absolute atomic E-state index is 12.3. The smallest absolute Gasteiger partial charge is 0.793 e. The van der Waals surface area contributed by atoms with Crippen LogP contribution in [0.3, 0.4) is 0 Å². The van der Waals surface area contributed by atoms with Crippen LogP contribution < -0.4 is 34.9 Å². The zero-order valence-corrected chi connectivity index (χ0v) is 47.3. The molecule has 4 aliphatic heterocycles. The van der Waals surface area contributed by atoms with Crippen molar-refractivity contribution < 1.29 is 82.2 Å². The maximum atomic E-state index is 12.3. The minimum absolute atomic E-state index is 0. The van der Waals surface area contributed by atoms with Crippen molar-refractivity contribution in [3.8, 4) is 0 Å². The Kier molecular flexibility index (Phi) is 27.7. The second-order valence-electron chi connectivity index (χ2n) is 18.4. The SMILES string of the molecule is CC(=O)OOC(C)=O.CC(C)(C)OC(=O)N1CCC2(CCCN2)CC1.CC(C)(C)OC(=O)N1CCC2(CCCN2Cc2cc(Cl)cc(Br)c2)CC1.O=Cc1cc(Cl)cc(Br)c1.[B-]OC(C)=O.[Na+]. The van der Waals surface area contributed by atoms with Gasteiger partial charge in [0.15, 0.2) is 0 Å². The van der Waals surface area contributed by atoms with Crippen LogP contribution in [-0.4, -0.2) is 121 Å². The third kappa shape index (κ3) is 24.8. The average molecular weight is 1110 g/mol. The number of piperidine rings is 2. The monoisotopic (exact) mass is 1110 g/mol. The molecule has 0 saturated carbocycles. The van der Waals surface area contributed by atoms with Crippen molar-refractivity contribution >= 4 is 99.5 Å². The van der Waals surface area contributed by atoms with Gasteiger partial charge >= 0.3 is 53.7 Å². The number of benzene rings is 2. The van der Waals surface area contributed by atoms with Gasteiger partial charge in [-0.1, -0.05) is 55.1 Å². The van der Waals surface area contributed by atoms with E-state index in [9.17, 15) is 28.8 Å². The fourth-order valence-corrected chi connectivity index (χ4v) is 9.48. The Balaban J connectivity index is 0.000000470. The predicted octanol–water partition coefficient (Wildman–Crippen LogP) is 7.19. The molecule has 0 aliphatic carbocycles. The molecule has 4 aliphatic rings. The van der Waals surface area contributed by atoms with Crippen molar-refractivity contribution in [2.45, 2.75) is 143 Å². The van der Waals surface area contributed by atoms with Crippen LogP contribution in [0.4, 0.5) is 9.59 Å². The molecule has 0 bridgehead atoms. The first-order chi connectivity index (χ1) is 30.7. The number of likely N-dealkylation sites (tertiary alicyclic amines) is 3. The van der Waals surface area contributed by atoms with Gasteiger partial charge in [0.05, 0.1) is 0 Å². The molecule has 67 heavy (non-hydrogen) atoms. The van der Waals surface area contributed by atoms with Crippen LogP contribution in [0, 0.1) is 0 Å². The Morgan fingerprint density at radius 3 is 1.54 bits per heavy atom. The van der Waals surface area contributed by atoms with Gasteiger partial charge in [-0.2, -0.15) is 0 Å². The predicted molar refractivity (Wildman–Crippen MR) is 261 cm³/mol. The van der Waals surface area contributed by atoms with Gasteiger partial charge in [-0.05, 0) is 148 Å². The molecule has 367 valence electrons. The van der Waals surface area contributed by atoms with E-state index in [0.717, 1.165) is 106 Å². The first-order valence-corrected chi connectivity index (χ1v) is 24.1. The summed E-state index contributed by atoms with van der Waals surface area (Å²) in [4.78, 5) is 77.6. The van der Waals surface area contributed by atoms with Crippen molar-refractivity contribution in [1.82, 2.24) is 20.0 Å². The summed E-state index contributed by atoms with van der Waals surface area (Å²) in [6.45, 7) is 21.3. The van der Waals surface area contributed by atoms with Crippen molar-refractivity contribution in [2.75, 3.05) is 39.3 Å². The summed E-state index contributed by atoms with van der Waals surface area (Å²) in [6, 6.07) is 11.2. The number of nitrogens with zero attached hydrogens (tertiary/aromatic N) is 3.